The van der Waals surface area contributed by atoms with Crippen LogP contribution in [0.2, 0.25) is 0 Å². The predicted octanol–water partition coefficient (Wildman–Crippen LogP) is 4.97. The Balaban J connectivity index is 2.54. The molecule has 0 aromatic heterocycles. The van der Waals surface area contributed by atoms with Gasteiger partial charge in [0, 0.05) is 32.3 Å². The van der Waals surface area contributed by atoms with Crippen LogP contribution in [0, 0.1) is 0 Å². The molecule has 0 radical (unpaired) electrons. The van der Waals surface area contributed by atoms with Crippen LogP contribution in [0.1, 0.15) is 51.2 Å². The number of aliphatic hydroxyl groups is 2. The van der Waals surface area contributed by atoms with Gasteiger partial charge in [-0.25, -0.2) is 0 Å². The molecule has 2 N–H and O–H groups in total. The summed E-state index contributed by atoms with van der Waals surface area (Å²) in [4.78, 5) is 13.0. The first kappa shape index (κ1) is 25.9. The first-order valence-corrected chi connectivity index (χ1v) is 10.6. The van der Waals surface area contributed by atoms with Gasteiger partial charge in [-0.1, -0.05) is 34.9 Å². The van der Waals surface area contributed by atoms with Gasteiger partial charge >= 0.3 is 0 Å². The molecule has 0 amide bonds. The predicted molar refractivity (Wildman–Crippen MR) is 123 cm³/mol. The molecule has 1 aromatic carbocycles. The number of ketones is 1. The maximum atomic E-state index is 13.0. The number of carbonyl (C=O) groups excluding carboxylic acids is 1. The number of allylic oxidation sites excluding steroid dienone is 3. The molecule has 0 bridgehead atoms. The van der Waals surface area contributed by atoms with Gasteiger partial charge in [-0.15, -0.1) is 0 Å². The van der Waals surface area contributed by atoms with Crippen molar-refractivity contribution in [1.82, 2.24) is 0 Å². The zero-order chi connectivity index (χ0) is 23.9. The number of fused-ring (bicyclic) bond motifs is 1. The van der Waals surface area contributed by atoms with Crippen LogP contribution in [-0.2, 0) is 19.9 Å². The quantitative estimate of drug-likeness (QED) is 0.351. The summed E-state index contributed by atoms with van der Waals surface area (Å²) in [5.74, 6) is -0.816. The number of ether oxygens (including phenoxy) is 4. The van der Waals surface area contributed by atoms with Crippen molar-refractivity contribution in [2.75, 3.05) is 27.8 Å². The molecule has 1 aromatic rings. The van der Waals surface area contributed by atoms with Crippen LogP contribution >= 0.6 is 11.6 Å². The van der Waals surface area contributed by atoms with Crippen molar-refractivity contribution in [3.05, 3.63) is 51.6 Å². The second-order valence-corrected chi connectivity index (χ2v) is 8.25. The fraction of sp³-hybridized carbons (Fsp3) is 0.458. The van der Waals surface area contributed by atoms with Crippen LogP contribution in [0.4, 0.5) is 0 Å². The Morgan fingerprint density at radius 2 is 1.75 bits per heavy atom. The fourth-order valence-electron chi connectivity index (χ4n) is 3.34. The Bertz CT molecular complexity index is 929. The smallest absolute Gasteiger partial charge is 0.214 e. The molecule has 0 spiro atoms. The molecular weight excluding hydrogens is 436 g/mol. The van der Waals surface area contributed by atoms with E-state index in [1.165, 1.54) is 31.9 Å². The standard InChI is InChI=1S/C24H31ClO7/c1-15(2)7-6-8-16(3)9-10-24(28)18-11-17(31-13-29-4)12-19(32-14-30-5)20(18)22(26)21(25)23(24)27/h7,9,11-12,26,28H,6,8,10,13-14H2,1-5H3/b16-9+/t24-/m0/s1. The molecule has 1 aliphatic rings. The minimum absolute atomic E-state index is 0.0273. The van der Waals surface area contributed by atoms with Gasteiger partial charge in [-0.05, 0) is 39.7 Å². The van der Waals surface area contributed by atoms with Gasteiger partial charge in [-0.3, -0.25) is 4.79 Å². The van der Waals surface area contributed by atoms with Crippen molar-refractivity contribution >= 4 is 23.1 Å². The third kappa shape index (κ3) is 5.92. The number of hydrogen-bond acceptors (Lipinski definition) is 7. The SMILES string of the molecule is COCOc1cc(OCOC)c2c(c1)[C@@](O)(C/C=C(\C)CCC=C(C)C)C(=O)C(Cl)=C2O. The summed E-state index contributed by atoms with van der Waals surface area (Å²) in [6.07, 6.45) is 5.56. The highest BCUT2D eigenvalue weighted by Crippen LogP contribution is 2.47. The van der Waals surface area contributed by atoms with E-state index >= 15 is 0 Å². The Kier molecular flexibility index (Phi) is 9.33. The Hall–Kier alpha value is -2.32. The first-order valence-electron chi connectivity index (χ1n) is 10.2. The number of halogens is 1. The third-order valence-corrected chi connectivity index (χ3v) is 5.40. The molecule has 0 aliphatic heterocycles. The summed E-state index contributed by atoms with van der Waals surface area (Å²) < 4.78 is 21.0. The molecule has 1 aliphatic carbocycles. The van der Waals surface area contributed by atoms with Crippen LogP contribution in [0.25, 0.3) is 5.76 Å². The third-order valence-electron chi connectivity index (χ3n) is 5.05. The lowest BCUT2D eigenvalue weighted by Crippen LogP contribution is -2.39. The summed E-state index contributed by atoms with van der Waals surface area (Å²) in [5.41, 5.74) is 0.496. The lowest BCUT2D eigenvalue weighted by atomic mass is 9.78. The second-order valence-electron chi connectivity index (χ2n) is 7.87. The van der Waals surface area contributed by atoms with E-state index in [1.54, 1.807) is 0 Å². The molecule has 0 saturated carbocycles. The average Bonchev–Trinajstić information content (AvgIpc) is 2.76. The topological polar surface area (TPSA) is 94.5 Å². The first-order chi connectivity index (χ1) is 15.2. The molecule has 176 valence electrons. The van der Waals surface area contributed by atoms with E-state index in [1.807, 2.05) is 26.8 Å². The maximum Gasteiger partial charge on any atom is 0.214 e. The van der Waals surface area contributed by atoms with Gasteiger partial charge in [-0.2, -0.15) is 0 Å². The number of aliphatic hydroxyl groups excluding tert-OH is 1. The van der Waals surface area contributed by atoms with Gasteiger partial charge in [0.25, 0.3) is 0 Å². The molecule has 7 nitrogen and oxygen atoms in total. The minimum Gasteiger partial charge on any atom is -0.505 e. The zero-order valence-electron chi connectivity index (χ0n) is 19.2. The van der Waals surface area contributed by atoms with E-state index in [2.05, 4.69) is 6.08 Å². The summed E-state index contributed by atoms with van der Waals surface area (Å²) >= 11 is 6.15. The lowest BCUT2D eigenvalue weighted by Gasteiger charge is -2.33. The van der Waals surface area contributed by atoms with Gasteiger partial charge in [0.2, 0.25) is 5.78 Å². The average molecular weight is 467 g/mol. The number of methoxy groups -OCH3 is 2. The van der Waals surface area contributed by atoms with Gasteiger partial charge in [0.05, 0.1) is 5.56 Å². The highest BCUT2D eigenvalue weighted by molar-refractivity contribution is 6.47. The number of carbonyl (C=O) groups is 1. The van der Waals surface area contributed by atoms with E-state index < -0.39 is 22.2 Å². The minimum atomic E-state index is -2.01. The molecular formula is C24H31ClO7. The molecule has 32 heavy (non-hydrogen) atoms. The van der Waals surface area contributed by atoms with Crippen LogP contribution in [0.3, 0.4) is 0 Å². The van der Waals surface area contributed by atoms with Crippen LogP contribution < -0.4 is 9.47 Å². The number of rotatable bonds is 11. The van der Waals surface area contributed by atoms with Crippen LogP contribution in [0.15, 0.2) is 40.5 Å². The molecule has 0 fully saturated rings. The summed E-state index contributed by atoms with van der Waals surface area (Å²) in [7, 11) is 2.92. The largest absolute Gasteiger partial charge is 0.505 e. The molecule has 1 atom stereocenters. The second kappa shape index (κ2) is 11.5. The number of benzene rings is 1. The molecule has 2 rings (SSSR count). The van der Waals surface area contributed by atoms with Crippen molar-refractivity contribution < 1.29 is 34.0 Å². The van der Waals surface area contributed by atoms with E-state index in [4.69, 9.17) is 30.5 Å². The molecule has 0 heterocycles. The maximum absolute atomic E-state index is 13.0. The molecule has 8 heteroatoms. The van der Waals surface area contributed by atoms with Gasteiger partial charge in [0.15, 0.2) is 19.2 Å². The van der Waals surface area contributed by atoms with Crippen molar-refractivity contribution in [1.29, 1.82) is 0 Å². The Morgan fingerprint density at radius 3 is 2.38 bits per heavy atom. The van der Waals surface area contributed by atoms with Gasteiger partial charge in [0.1, 0.15) is 22.3 Å². The van der Waals surface area contributed by atoms with Crippen molar-refractivity contribution in [2.24, 2.45) is 0 Å². The van der Waals surface area contributed by atoms with E-state index in [9.17, 15) is 15.0 Å². The van der Waals surface area contributed by atoms with Crippen molar-refractivity contribution in [2.45, 2.75) is 45.6 Å². The van der Waals surface area contributed by atoms with E-state index in [0.717, 1.165) is 18.4 Å². The van der Waals surface area contributed by atoms with Gasteiger partial charge < -0.3 is 29.2 Å². The highest BCUT2D eigenvalue weighted by atomic mass is 35.5. The number of Topliss-reactive ketones (excluding diaryl/α,β-unsaturated/α-hetero) is 1. The Morgan fingerprint density at radius 1 is 1.09 bits per heavy atom. The Labute approximate surface area is 193 Å². The van der Waals surface area contributed by atoms with Crippen LogP contribution in [0.5, 0.6) is 11.5 Å². The number of hydrogen-bond donors (Lipinski definition) is 2. The molecule has 0 saturated heterocycles. The van der Waals surface area contributed by atoms with Crippen molar-refractivity contribution in [3.63, 3.8) is 0 Å². The van der Waals surface area contributed by atoms with E-state index in [0.29, 0.717) is 0 Å². The monoisotopic (exact) mass is 466 g/mol. The van der Waals surface area contributed by atoms with E-state index in [-0.39, 0.29) is 42.6 Å². The van der Waals surface area contributed by atoms with Crippen LogP contribution in [-0.4, -0.2) is 43.8 Å². The summed E-state index contributed by atoms with van der Waals surface area (Å²) in [5, 5.41) is 21.7. The summed E-state index contributed by atoms with van der Waals surface area (Å²) in [6.45, 7) is 5.83. The van der Waals surface area contributed by atoms with Crippen molar-refractivity contribution in [3.8, 4) is 11.5 Å². The fourth-order valence-corrected chi connectivity index (χ4v) is 3.59. The zero-order valence-corrected chi connectivity index (χ0v) is 19.9. The normalized spacial score (nSPS) is 18.5. The molecule has 0 unspecified atom stereocenters. The lowest BCUT2D eigenvalue weighted by molar-refractivity contribution is -0.133. The highest BCUT2D eigenvalue weighted by Gasteiger charge is 2.47. The summed E-state index contributed by atoms with van der Waals surface area (Å²) in [6, 6.07) is 2.99.